The highest BCUT2D eigenvalue weighted by Gasteiger charge is 2.26. The lowest BCUT2D eigenvalue weighted by Crippen LogP contribution is -2.50. The van der Waals surface area contributed by atoms with Gasteiger partial charge in [0.15, 0.2) is 0 Å². The molecule has 0 bridgehead atoms. The van der Waals surface area contributed by atoms with Crippen molar-refractivity contribution in [1.82, 2.24) is 10.0 Å². The topological polar surface area (TPSA) is 75.3 Å². The van der Waals surface area contributed by atoms with Crippen LogP contribution in [0.1, 0.15) is 44.4 Å². The third-order valence-corrected chi connectivity index (χ3v) is 4.94. The van der Waals surface area contributed by atoms with E-state index in [1.807, 2.05) is 39.8 Å². The van der Waals surface area contributed by atoms with E-state index in [1.54, 1.807) is 13.8 Å². The fourth-order valence-electron chi connectivity index (χ4n) is 2.41. The first-order valence-corrected chi connectivity index (χ1v) is 8.74. The first kappa shape index (κ1) is 18.6. The third kappa shape index (κ3) is 4.81. The zero-order valence-electron chi connectivity index (χ0n) is 14.4. The molecule has 1 atom stereocenters. The van der Waals surface area contributed by atoms with E-state index in [0.717, 1.165) is 5.56 Å². The molecule has 1 aromatic rings. The van der Waals surface area contributed by atoms with Gasteiger partial charge >= 0.3 is 0 Å². The van der Waals surface area contributed by atoms with Crippen LogP contribution in [-0.4, -0.2) is 25.9 Å². The number of hydrogen-bond acceptors (Lipinski definition) is 3. The lowest BCUT2D eigenvalue weighted by Gasteiger charge is -2.24. The minimum absolute atomic E-state index is 0.244. The predicted molar refractivity (Wildman–Crippen MR) is 88.3 cm³/mol. The molecule has 0 radical (unpaired) electrons. The molecule has 0 aliphatic carbocycles. The van der Waals surface area contributed by atoms with Crippen molar-refractivity contribution in [1.29, 1.82) is 0 Å². The molecule has 124 valence electrons. The second-order valence-electron chi connectivity index (χ2n) is 6.81. The van der Waals surface area contributed by atoms with Gasteiger partial charge in [0.25, 0.3) is 0 Å². The third-order valence-electron chi connectivity index (χ3n) is 3.10. The van der Waals surface area contributed by atoms with E-state index in [4.69, 9.17) is 0 Å². The molecule has 6 heteroatoms. The molecule has 22 heavy (non-hydrogen) atoms. The number of carbonyl (C=O) groups excluding carboxylic acids is 1. The Bertz CT molecular complexity index is 650. The Morgan fingerprint density at radius 3 is 1.95 bits per heavy atom. The Kier molecular flexibility index (Phi) is 5.41. The van der Waals surface area contributed by atoms with Crippen LogP contribution >= 0.6 is 0 Å². The Balaban J connectivity index is 3.05. The number of hydrogen-bond donors (Lipinski definition) is 2. The number of rotatable bonds is 4. The van der Waals surface area contributed by atoms with E-state index in [0.29, 0.717) is 11.1 Å². The summed E-state index contributed by atoms with van der Waals surface area (Å²) in [5.74, 6) is -0.349. The molecule has 0 aromatic heterocycles. The maximum atomic E-state index is 12.6. The molecule has 0 aliphatic rings. The van der Waals surface area contributed by atoms with Gasteiger partial charge < -0.3 is 5.32 Å². The molecule has 0 aliphatic heterocycles. The summed E-state index contributed by atoms with van der Waals surface area (Å²) < 4.78 is 27.6. The van der Waals surface area contributed by atoms with Gasteiger partial charge in [0.05, 0.1) is 10.9 Å². The Morgan fingerprint density at radius 1 is 1.09 bits per heavy atom. The lowest BCUT2D eigenvalue weighted by atomic mass is 10.1. The van der Waals surface area contributed by atoms with Gasteiger partial charge in [-0.2, -0.15) is 4.72 Å². The van der Waals surface area contributed by atoms with E-state index in [9.17, 15) is 13.2 Å². The minimum Gasteiger partial charge on any atom is -0.350 e. The standard InChI is InChI=1S/C16H26N2O3S/c1-10-8-11(2)14(12(3)9-10)22(20,21)18-13(4)15(19)17-16(5,6)7/h8-9,13,18H,1-7H3,(H,17,19). The number of nitrogens with one attached hydrogen (secondary N) is 2. The van der Waals surface area contributed by atoms with Gasteiger partial charge in [-0.3, -0.25) is 4.79 Å². The van der Waals surface area contributed by atoms with Crippen LogP contribution in [0, 0.1) is 20.8 Å². The Labute approximate surface area is 133 Å². The molecule has 1 amide bonds. The average molecular weight is 326 g/mol. The van der Waals surface area contributed by atoms with Crippen LogP contribution in [-0.2, 0) is 14.8 Å². The summed E-state index contributed by atoms with van der Waals surface area (Å²) in [6.45, 7) is 12.5. The normalized spacial score (nSPS) is 13.8. The smallest absolute Gasteiger partial charge is 0.241 e. The van der Waals surface area contributed by atoms with Crippen molar-refractivity contribution in [3.8, 4) is 0 Å². The van der Waals surface area contributed by atoms with Crippen LogP contribution in [0.4, 0.5) is 0 Å². The molecule has 1 aromatic carbocycles. The molecule has 2 N–H and O–H groups in total. The second kappa shape index (κ2) is 6.38. The van der Waals surface area contributed by atoms with Crippen LogP contribution in [0.15, 0.2) is 17.0 Å². The number of aryl methyl sites for hydroxylation is 3. The SMILES string of the molecule is Cc1cc(C)c(S(=O)(=O)NC(C)C(=O)NC(C)(C)C)c(C)c1. The summed E-state index contributed by atoms with van der Waals surface area (Å²) in [6.07, 6.45) is 0. The fourth-order valence-corrected chi connectivity index (χ4v) is 4.07. The van der Waals surface area contributed by atoms with Crippen molar-refractivity contribution in [3.05, 3.63) is 28.8 Å². The van der Waals surface area contributed by atoms with E-state index in [1.165, 1.54) is 6.92 Å². The molecule has 1 unspecified atom stereocenters. The van der Waals surface area contributed by atoms with E-state index >= 15 is 0 Å². The maximum absolute atomic E-state index is 12.6. The minimum atomic E-state index is -3.75. The van der Waals surface area contributed by atoms with Gasteiger partial charge in [0.1, 0.15) is 0 Å². The van der Waals surface area contributed by atoms with Gasteiger partial charge in [0.2, 0.25) is 15.9 Å². The van der Waals surface area contributed by atoms with Crippen molar-refractivity contribution < 1.29 is 13.2 Å². The molecular formula is C16H26N2O3S. The molecule has 1 rings (SSSR count). The predicted octanol–water partition coefficient (Wildman–Crippen LogP) is 2.19. The highest BCUT2D eigenvalue weighted by atomic mass is 32.2. The van der Waals surface area contributed by atoms with Gasteiger partial charge in [-0.25, -0.2) is 8.42 Å². The molecule has 0 fully saturated rings. The monoisotopic (exact) mass is 326 g/mol. The average Bonchev–Trinajstić information content (AvgIpc) is 2.23. The molecule has 0 saturated heterocycles. The Hall–Kier alpha value is -1.40. The first-order chi connectivity index (χ1) is 9.83. The number of sulfonamides is 1. The van der Waals surface area contributed by atoms with Crippen LogP contribution in [0.25, 0.3) is 0 Å². The van der Waals surface area contributed by atoms with Crippen molar-refractivity contribution in [3.63, 3.8) is 0 Å². The highest BCUT2D eigenvalue weighted by molar-refractivity contribution is 7.89. The van der Waals surface area contributed by atoms with Gasteiger partial charge in [-0.05, 0) is 59.6 Å². The Morgan fingerprint density at radius 2 is 1.55 bits per heavy atom. The fraction of sp³-hybridized carbons (Fsp3) is 0.562. The summed E-state index contributed by atoms with van der Waals surface area (Å²) in [5, 5.41) is 2.77. The zero-order chi connectivity index (χ0) is 17.3. The van der Waals surface area contributed by atoms with E-state index in [-0.39, 0.29) is 10.8 Å². The van der Waals surface area contributed by atoms with E-state index in [2.05, 4.69) is 10.0 Å². The second-order valence-corrected chi connectivity index (χ2v) is 8.46. The number of carbonyl (C=O) groups is 1. The maximum Gasteiger partial charge on any atom is 0.241 e. The number of amides is 1. The summed E-state index contributed by atoms with van der Waals surface area (Å²) >= 11 is 0. The van der Waals surface area contributed by atoms with Crippen molar-refractivity contribution in [2.75, 3.05) is 0 Å². The van der Waals surface area contributed by atoms with Gasteiger partial charge in [-0.1, -0.05) is 17.7 Å². The van der Waals surface area contributed by atoms with Crippen LogP contribution in [0.2, 0.25) is 0 Å². The van der Waals surface area contributed by atoms with Crippen LogP contribution in [0.3, 0.4) is 0 Å². The molecule has 0 spiro atoms. The molecular weight excluding hydrogens is 300 g/mol. The molecule has 0 saturated carbocycles. The largest absolute Gasteiger partial charge is 0.350 e. The molecule has 0 heterocycles. The number of benzene rings is 1. The molecule has 5 nitrogen and oxygen atoms in total. The van der Waals surface area contributed by atoms with Gasteiger partial charge in [-0.15, -0.1) is 0 Å². The zero-order valence-corrected chi connectivity index (χ0v) is 15.2. The van der Waals surface area contributed by atoms with Crippen molar-refractivity contribution >= 4 is 15.9 Å². The van der Waals surface area contributed by atoms with E-state index < -0.39 is 21.6 Å². The van der Waals surface area contributed by atoms with Gasteiger partial charge in [0, 0.05) is 5.54 Å². The van der Waals surface area contributed by atoms with Crippen LogP contribution < -0.4 is 10.0 Å². The summed E-state index contributed by atoms with van der Waals surface area (Å²) in [4.78, 5) is 12.3. The first-order valence-electron chi connectivity index (χ1n) is 7.26. The van der Waals surface area contributed by atoms with Crippen LogP contribution in [0.5, 0.6) is 0 Å². The summed E-state index contributed by atoms with van der Waals surface area (Å²) in [7, 11) is -3.75. The van der Waals surface area contributed by atoms with Crippen molar-refractivity contribution in [2.24, 2.45) is 0 Å². The lowest BCUT2D eigenvalue weighted by molar-refractivity contribution is -0.123. The highest BCUT2D eigenvalue weighted by Crippen LogP contribution is 2.21. The van der Waals surface area contributed by atoms with Crippen molar-refractivity contribution in [2.45, 2.75) is 64.9 Å². The quantitative estimate of drug-likeness (QED) is 0.890. The summed E-state index contributed by atoms with van der Waals surface area (Å²) in [6, 6.07) is 2.80. The summed E-state index contributed by atoms with van der Waals surface area (Å²) in [5.41, 5.74) is 1.95.